The highest BCUT2D eigenvalue weighted by molar-refractivity contribution is 5.90. The number of aryl methyl sites for hydroxylation is 1. The molecule has 2 aliphatic heterocycles. The number of aliphatic hydroxyl groups is 1. The Balaban J connectivity index is 1.37. The van der Waals surface area contributed by atoms with Crippen molar-refractivity contribution >= 4 is 17.5 Å². The number of halogens is 3. The second-order valence-corrected chi connectivity index (χ2v) is 10.4. The lowest BCUT2D eigenvalue weighted by Gasteiger charge is -2.28. The predicted octanol–water partition coefficient (Wildman–Crippen LogP) is 4.80. The number of likely N-dealkylation sites (tertiary alicyclic amines) is 1. The van der Waals surface area contributed by atoms with Crippen LogP contribution in [0, 0.1) is 18.8 Å². The van der Waals surface area contributed by atoms with E-state index in [9.17, 15) is 23.1 Å². The molecule has 3 fully saturated rings. The van der Waals surface area contributed by atoms with Gasteiger partial charge in [-0.3, -0.25) is 0 Å². The predicted molar refractivity (Wildman–Crippen MR) is 135 cm³/mol. The molecule has 2 amide bonds. The first-order valence-electron chi connectivity index (χ1n) is 12.9. The van der Waals surface area contributed by atoms with Gasteiger partial charge in [-0.25, -0.2) is 9.78 Å². The van der Waals surface area contributed by atoms with Gasteiger partial charge in [0.15, 0.2) is 0 Å². The van der Waals surface area contributed by atoms with Gasteiger partial charge < -0.3 is 25.0 Å². The summed E-state index contributed by atoms with van der Waals surface area (Å²) in [4.78, 5) is 21.4. The number of nitrogens with zero attached hydrogens (tertiary/aromatic N) is 3. The van der Waals surface area contributed by atoms with Gasteiger partial charge in [0.2, 0.25) is 0 Å². The molecule has 2 N–H and O–H groups in total. The third-order valence-electron chi connectivity index (χ3n) is 7.60. The van der Waals surface area contributed by atoms with Crippen molar-refractivity contribution in [2.24, 2.45) is 11.8 Å². The molecule has 3 aliphatic rings. The molecule has 1 saturated carbocycles. The second kappa shape index (κ2) is 10.5. The number of hydrogen-bond acceptors (Lipinski definition) is 5. The standard InChI is InChI=1S/C27H33F3N4O3/c1-17-2-3-21(31-26(36)34-5-4-18(15-34)14-27(28,29)30)13-22(17)19-11-24(23-10-20(23)16-35)32-25(12-19)33-6-8-37-9-7-33/h2-3,11-13,18,20,23,35H,4-10,14-16H2,1H3,(H,31,36)/t18-,20+,23+/m0/s1. The third kappa shape index (κ3) is 6.18. The number of nitrogens with one attached hydrogen (secondary N) is 1. The van der Waals surface area contributed by atoms with Crippen molar-refractivity contribution in [3.63, 3.8) is 0 Å². The van der Waals surface area contributed by atoms with Gasteiger partial charge in [-0.1, -0.05) is 6.07 Å². The first-order valence-corrected chi connectivity index (χ1v) is 12.9. The van der Waals surface area contributed by atoms with Crippen LogP contribution in [0.1, 0.15) is 36.4 Å². The molecule has 2 saturated heterocycles. The number of amides is 2. The Labute approximate surface area is 214 Å². The SMILES string of the molecule is Cc1ccc(NC(=O)N2CC[C@@H](CC(F)(F)F)C2)cc1-c1cc([C@@H]2C[C@@H]2CO)nc(N2CCOCC2)c1. The summed E-state index contributed by atoms with van der Waals surface area (Å²) in [7, 11) is 0. The van der Waals surface area contributed by atoms with Crippen molar-refractivity contribution < 1.29 is 27.8 Å². The zero-order chi connectivity index (χ0) is 26.2. The van der Waals surface area contributed by atoms with Crippen molar-refractivity contribution in [2.45, 2.75) is 38.3 Å². The minimum absolute atomic E-state index is 0.105. The summed E-state index contributed by atoms with van der Waals surface area (Å²) in [6, 6.07) is 9.40. The van der Waals surface area contributed by atoms with E-state index in [1.165, 1.54) is 4.90 Å². The lowest BCUT2D eigenvalue weighted by molar-refractivity contribution is -0.143. The number of aromatic nitrogens is 1. The maximum Gasteiger partial charge on any atom is 0.389 e. The molecule has 0 spiro atoms. The van der Waals surface area contributed by atoms with Gasteiger partial charge in [0.1, 0.15) is 5.82 Å². The van der Waals surface area contributed by atoms with Crippen LogP contribution in [0.3, 0.4) is 0 Å². The van der Waals surface area contributed by atoms with Crippen LogP contribution in [0.2, 0.25) is 0 Å². The summed E-state index contributed by atoms with van der Waals surface area (Å²) in [5, 5.41) is 12.5. The Morgan fingerprint density at radius 3 is 2.68 bits per heavy atom. The van der Waals surface area contributed by atoms with Gasteiger partial charge in [-0.15, -0.1) is 0 Å². The fourth-order valence-corrected chi connectivity index (χ4v) is 5.37. The normalized spacial score (nSPS) is 23.9. The van der Waals surface area contributed by atoms with E-state index < -0.39 is 18.5 Å². The topological polar surface area (TPSA) is 77.9 Å². The number of benzene rings is 1. The van der Waals surface area contributed by atoms with Crippen LogP contribution in [0.15, 0.2) is 30.3 Å². The van der Waals surface area contributed by atoms with Crippen LogP contribution in [-0.2, 0) is 4.74 Å². The second-order valence-electron chi connectivity index (χ2n) is 10.4. The van der Waals surface area contributed by atoms with E-state index in [1.807, 2.05) is 25.1 Å². The summed E-state index contributed by atoms with van der Waals surface area (Å²) < 4.78 is 43.8. The molecule has 0 unspecified atom stereocenters. The molecule has 3 heterocycles. The number of urea groups is 1. The molecule has 3 atom stereocenters. The van der Waals surface area contributed by atoms with Gasteiger partial charge in [0.25, 0.3) is 0 Å². The lowest BCUT2D eigenvalue weighted by atomic mass is 9.98. The Morgan fingerprint density at radius 2 is 1.97 bits per heavy atom. The summed E-state index contributed by atoms with van der Waals surface area (Å²) in [6.07, 6.45) is -3.81. The third-order valence-corrected chi connectivity index (χ3v) is 7.60. The number of carbonyl (C=O) groups is 1. The molecule has 2 aromatic rings. The molecule has 10 heteroatoms. The van der Waals surface area contributed by atoms with Gasteiger partial charge in [0, 0.05) is 56.5 Å². The number of anilines is 2. The van der Waals surface area contributed by atoms with Crippen molar-refractivity contribution in [2.75, 3.05) is 56.2 Å². The van der Waals surface area contributed by atoms with Crippen LogP contribution in [-0.4, -0.2) is 73.2 Å². The number of pyridine rings is 1. The van der Waals surface area contributed by atoms with E-state index >= 15 is 0 Å². The average molecular weight is 519 g/mol. The van der Waals surface area contributed by atoms with Gasteiger partial charge >= 0.3 is 12.2 Å². The maximum atomic E-state index is 12.8. The summed E-state index contributed by atoms with van der Waals surface area (Å²) >= 11 is 0. The van der Waals surface area contributed by atoms with Crippen LogP contribution in [0.4, 0.5) is 29.5 Å². The molecule has 200 valence electrons. The highest BCUT2D eigenvalue weighted by Gasteiger charge is 2.39. The minimum atomic E-state index is -4.22. The molecule has 5 rings (SSSR count). The van der Waals surface area contributed by atoms with E-state index in [1.54, 1.807) is 0 Å². The fourth-order valence-electron chi connectivity index (χ4n) is 5.37. The van der Waals surface area contributed by atoms with Crippen molar-refractivity contribution in [1.82, 2.24) is 9.88 Å². The van der Waals surface area contributed by atoms with Gasteiger partial charge in [-0.05, 0) is 72.6 Å². The van der Waals surface area contributed by atoms with Crippen LogP contribution < -0.4 is 10.2 Å². The van der Waals surface area contributed by atoms with E-state index in [2.05, 4.69) is 22.3 Å². The number of rotatable bonds is 6. The van der Waals surface area contributed by atoms with Crippen molar-refractivity contribution in [3.05, 3.63) is 41.6 Å². The average Bonchev–Trinajstić information content (AvgIpc) is 3.54. The largest absolute Gasteiger partial charge is 0.396 e. The molecule has 1 aromatic carbocycles. The number of hydrogen-bond donors (Lipinski definition) is 2. The molecule has 1 aromatic heterocycles. The van der Waals surface area contributed by atoms with E-state index in [0.717, 1.165) is 47.7 Å². The number of ether oxygens (including phenoxy) is 1. The monoisotopic (exact) mass is 518 g/mol. The van der Waals surface area contributed by atoms with E-state index in [4.69, 9.17) is 9.72 Å². The van der Waals surface area contributed by atoms with E-state index in [0.29, 0.717) is 31.9 Å². The number of aliphatic hydroxyl groups excluding tert-OH is 1. The van der Waals surface area contributed by atoms with Gasteiger partial charge in [0.05, 0.1) is 13.2 Å². The molecule has 0 radical (unpaired) electrons. The molecule has 7 nitrogen and oxygen atoms in total. The molecular weight excluding hydrogens is 485 g/mol. The molecular formula is C27H33F3N4O3. The fraction of sp³-hybridized carbons (Fsp3) is 0.556. The number of carbonyl (C=O) groups excluding carboxylic acids is 1. The van der Waals surface area contributed by atoms with Crippen LogP contribution in [0.25, 0.3) is 11.1 Å². The van der Waals surface area contributed by atoms with Crippen LogP contribution in [0.5, 0.6) is 0 Å². The summed E-state index contributed by atoms with van der Waals surface area (Å²) in [6.45, 7) is 5.36. The van der Waals surface area contributed by atoms with Gasteiger partial charge in [-0.2, -0.15) is 13.2 Å². The Bertz CT molecular complexity index is 1140. The molecule has 0 bridgehead atoms. The highest BCUT2D eigenvalue weighted by Crippen LogP contribution is 2.47. The van der Waals surface area contributed by atoms with Crippen molar-refractivity contribution in [1.29, 1.82) is 0 Å². The zero-order valence-electron chi connectivity index (χ0n) is 20.9. The maximum absolute atomic E-state index is 12.8. The first kappa shape index (κ1) is 25.8. The quantitative estimate of drug-likeness (QED) is 0.575. The lowest BCUT2D eigenvalue weighted by Crippen LogP contribution is -2.36. The molecule has 1 aliphatic carbocycles. The molecule has 37 heavy (non-hydrogen) atoms. The minimum Gasteiger partial charge on any atom is -0.396 e. The number of morpholine rings is 1. The zero-order valence-corrected chi connectivity index (χ0v) is 20.9. The summed E-state index contributed by atoms with van der Waals surface area (Å²) in [5.74, 6) is 0.778. The first-order chi connectivity index (χ1) is 17.7. The Kier molecular flexibility index (Phi) is 7.31. The summed E-state index contributed by atoms with van der Waals surface area (Å²) in [5.41, 5.74) is 4.52. The Morgan fingerprint density at radius 1 is 1.19 bits per heavy atom. The Hall–Kier alpha value is -2.85. The smallest absolute Gasteiger partial charge is 0.389 e. The van der Waals surface area contributed by atoms with E-state index in [-0.39, 0.29) is 31.0 Å². The number of alkyl halides is 3. The van der Waals surface area contributed by atoms with Crippen LogP contribution >= 0.6 is 0 Å². The van der Waals surface area contributed by atoms with Crippen molar-refractivity contribution in [3.8, 4) is 11.1 Å². The highest BCUT2D eigenvalue weighted by atomic mass is 19.4.